The highest BCUT2D eigenvalue weighted by Gasteiger charge is 2.09. The van der Waals surface area contributed by atoms with Crippen LogP contribution in [0.2, 0.25) is 0 Å². The van der Waals surface area contributed by atoms with Gasteiger partial charge in [0.15, 0.2) is 0 Å². The van der Waals surface area contributed by atoms with Gasteiger partial charge in [-0.2, -0.15) is 0 Å². The van der Waals surface area contributed by atoms with Crippen molar-refractivity contribution in [2.45, 2.75) is 19.3 Å². The highest BCUT2D eigenvalue weighted by Crippen LogP contribution is 2.28. The Bertz CT molecular complexity index is 409. The Labute approximate surface area is 106 Å². The fourth-order valence-corrected chi connectivity index (χ4v) is 1.71. The van der Waals surface area contributed by atoms with Gasteiger partial charge in [0, 0.05) is 26.1 Å². The SMILES string of the molecule is COc1ccc(F)cc1N(C)CCCCC(=O)O. The maximum absolute atomic E-state index is 13.2. The summed E-state index contributed by atoms with van der Waals surface area (Å²) in [6, 6.07) is 4.34. The Morgan fingerprint density at radius 1 is 1.44 bits per heavy atom. The minimum atomic E-state index is -0.791. The Morgan fingerprint density at radius 3 is 2.78 bits per heavy atom. The molecule has 1 rings (SSSR count). The predicted octanol–water partition coefficient (Wildman–Crippen LogP) is 2.53. The molecule has 0 saturated heterocycles. The number of ether oxygens (including phenoxy) is 1. The molecule has 0 bridgehead atoms. The Hall–Kier alpha value is -1.78. The van der Waals surface area contributed by atoms with E-state index in [-0.39, 0.29) is 12.2 Å². The summed E-state index contributed by atoms with van der Waals surface area (Å²) >= 11 is 0. The molecular weight excluding hydrogens is 237 g/mol. The molecular formula is C13H18FNO3. The van der Waals surface area contributed by atoms with Crippen molar-refractivity contribution >= 4 is 11.7 Å². The fraction of sp³-hybridized carbons (Fsp3) is 0.462. The van der Waals surface area contributed by atoms with Crippen LogP contribution in [0.5, 0.6) is 5.75 Å². The molecule has 0 spiro atoms. The monoisotopic (exact) mass is 255 g/mol. The number of aliphatic carboxylic acids is 1. The third-order valence-electron chi connectivity index (χ3n) is 2.69. The summed E-state index contributed by atoms with van der Waals surface area (Å²) in [5.74, 6) is -0.499. The molecule has 100 valence electrons. The molecule has 0 radical (unpaired) electrons. The van der Waals surface area contributed by atoms with Crippen LogP contribution in [0.25, 0.3) is 0 Å². The number of benzene rings is 1. The molecule has 1 aromatic rings. The molecule has 0 amide bonds. The molecule has 0 atom stereocenters. The van der Waals surface area contributed by atoms with Gasteiger partial charge in [0.1, 0.15) is 11.6 Å². The molecule has 0 aliphatic rings. The van der Waals surface area contributed by atoms with E-state index in [2.05, 4.69) is 0 Å². The van der Waals surface area contributed by atoms with E-state index in [0.717, 1.165) is 6.42 Å². The number of nitrogens with zero attached hydrogens (tertiary/aromatic N) is 1. The number of carbonyl (C=O) groups is 1. The van der Waals surface area contributed by atoms with Crippen LogP contribution in [0.1, 0.15) is 19.3 Å². The van der Waals surface area contributed by atoms with Gasteiger partial charge < -0.3 is 14.7 Å². The van der Waals surface area contributed by atoms with Gasteiger partial charge in [-0.05, 0) is 25.0 Å². The van der Waals surface area contributed by atoms with E-state index >= 15 is 0 Å². The summed E-state index contributed by atoms with van der Waals surface area (Å²) in [5.41, 5.74) is 0.674. The predicted molar refractivity (Wildman–Crippen MR) is 67.7 cm³/mol. The lowest BCUT2D eigenvalue weighted by Crippen LogP contribution is -2.19. The van der Waals surface area contributed by atoms with Crippen LogP contribution in [0.15, 0.2) is 18.2 Å². The van der Waals surface area contributed by atoms with Gasteiger partial charge >= 0.3 is 5.97 Å². The van der Waals surface area contributed by atoms with Gasteiger partial charge in [-0.3, -0.25) is 4.79 Å². The second-order valence-corrected chi connectivity index (χ2v) is 4.09. The molecule has 0 unspecified atom stereocenters. The number of carboxylic acid groups (broad SMARTS) is 1. The second-order valence-electron chi connectivity index (χ2n) is 4.09. The van der Waals surface area contributed by atoms with Gasteiger partial charge in [0.25, 0.3) is 0 Å². The highest BCUT2D eigenvalue weighted by molar-refractivity contribution is 5.66. The van der Waals surface area contributed by atoms with Crippen LogP contribution < -0.4 is 9.64 Å². The van der Waals surface area contributed by atoms with Gasteiger partial charge in [-0.25, -0.2) is 4.39 Å². The van der Waals surface area contributed by atoms with E-state index < -0.39 is 5.97 Å². The number of rotatable bonds is 7. The summed E-state index contributed by atoms with van der Waals surface area (Å²) in [6.45, 7) is 0.660. The number of anilines is 1. The molecule has 18 heavy (non-hydrogen) atoms. The Balaban J connectivity index is 2.57. The second kappa shape index (κ2) is 6.83. The number of hydrogen-bond acceptors (Lipinski definition) is 3. The van der Waals surface area contributed by atoms with Crippen LogP contribution in [0.3, 0.4) is 0 Å². The largest absolute Gasteiger partial charge is 0.495 e. The van der Waals surface area contributed by atoms with Crippen molar-refractivity contribution in [3.05, 3.63) is 24.0 Å². The summed E-state index contributed by atoms with van der Waals surface area (Å²) in [6.07, 6.45) is 1.51. The minimum absolute atomic E-state index is 0.161. The molecule has 1 N–H and O–H groups in total. The van der Waals surface area contributed by atoms with Crippen LogP contribution in [-0.4, -0.2) is 31.8 Å². The Morgan fingerprint density at radius 2 is 2.17 bits per heavy atom. The molecule has 4 nitrogen and oxygen atoms in total. The molecule has 0 aliphatic heterocycles. The third kappa shape index (κ3) is 4.24. The molecule has 0 heterocycles. The van der Waals surface area contributed by atoms with E-state index in [4.69, 9.17) is 9.84 Å². The number of hydrogen-bond donors (Lipinski definition) is 1. The Kier molecular flexibility index (Phi) is 5.42. The summed E-state index contributed by atoms with van der Waals surface area (Å²) in [7, 11) is 3.37. The van der Waals surface area contributed by atoms with Gasteiger partial charge in [-0.15, -0.1) is 0 Å². The first-order valence-corrected chi connectivity index (χ1v) is 5.81. The van der Waals surface area contributed by atoms with E-state index in [1.165, 1.54) is 19.2 Å². The summed E-state index contributed by atoms with van der Waals surface area (Å²) < 4.78 is 18.3. The van der Waals surface area contributed by atoms with Crippen LogP contribution in [-0.2, 0) is 4.79 Å². The van der Waals surface area contributed by atoms with Gasteiger partial charge in [-0.1, -0.05) is 0 Å². The first-order chi connectivity index (χ1) is 8.54. The fourth-order valence-electron chi connectivity index (χ4n) is 1.71. The zero-order valence-corrected chi connectivity index (χ0v) is 10.6. The minimum Gasteiger partial charge on any atom is -0.495 e. The quantitative estimate of drug-likeness (QED) is 0.761. The van der Waals surface area contributed by atoms with Crippen molar-refractivity contribution in [3.63, 3.8) is 0 Å². The van der Waals surface area contributed by atoms with Crippen molar-refractivity contribution in [1.29, 1.82) is 0 Å². The van der Waals surface area contributed by atoms with E-state index in [9.17, 15) is 9.18 Å². The number of carboxylic acids is 1. The van der Waals surface area contributed by atoms with Crippen molar-refractivity contribution in [1.82, 2.24) is 0 Å². The smallest absolute Gasteiger partial charge is 0.303 e. The van der Waals surface area contributed by atoms with E-state index in [1.54, 1.807) is 6.07 Å². The normalized spacial score (nSPS) is 10.2. The maximum Gasteiger partial charge on any atom is 0.303 e. The third-order valence-corrected chi connectivity index (χ3v) is 2.69. The van der Waals surface area contributed by atoms with Crippen molar-refractivity contribution < 1.29 is 19.0 Å². The average Bonchev–Trinajstić information content (AvgIpc) is 2.34. The zero-order valence-electron chi connectivity index (χ0n) is 10.6. The van der Waals surface area contributed by atoms with Crippen LogP contribution in [0, 0.1) is 5.82 Å². The number of halogens is 1. The molecule has 0 aromatic heterocycles. The summed E-state index contributed by atoms with van der Waals surface area (Å²) in [4.78, 5) is 12.2. The first kappa shape index (κ1) is 14.3. The molecule has 5 heteroatoms. The molecule has 0 aliphatic carbocycles. The first-order valence-electron chi connectivity index (χ1n) is 5.81. The van der Waals surface area contributed by atoms with Crippen molar-refractivity contribution in [2.75, 3.05) is 25.6 Å². The van der Waals surface area contributed by atoms with E-state index in [0.29, 0.717) is 24.4 Å². The topological polar surface area (TPSA) is 49.8 Å². The maximum atomic E-state index is 13.2. The van der Waals surface area contributed by atoms with Crippen LogP contribution >= 0.6 is 0 Å². The molecule has 0 saturated carbocycles. The van der Waals surface area contributed by atoms with E-state index in [1.807, 2.05) is 11.9 Å². The lowest BCUT2D eigenvalue weighted by molar-refractivity contribution is -0.137. The highest BCUT2D eigenvalue weighted by atomic mass is 19.1. The lowest BCUT2D eigenvalue weighted by atomic mass is 10.2. The van der Waals surface area contributed by atoms with Crippen molar-refractivity contribution in [2.24, 2.45) is 0 Å². The standard InChI is InChI=1S/C13H18FNO3/c1-15(8-4-3-5-13(16)17)11-9-10(14)6-7-12(11)18-2/h6-7,9H,3-5,8H2,1-2H3,(H,16,17). The van der Waals surface area contributed by atoms with Gasteiger partial charge in [0.2, 0.25) is 0 Å². The van der Waals surface area contributed by atoms with Crippen LogP contribution in [0.4, 0.5) is 10.1 Å². The average molecular weight is 255 g/mol. The number of methoxy groups -OCH3 is 1. The molecule has 0 fully saturated rings. The molecule has 1 aromatic carbocycles. The zero-order chi connectivity index (χ0) is 13.5. The summed E-state index contributed by atoms with van der Waals surface area (Å²) in [5, 5.41) is 8.53. The number of unbranched alkanes of at least 4 members (excludes halogenated alkanes) is 1. The van der Waals surface area contributed by atoms with Crippen molar-refractivity contribution in [3.8, 4) is 5.75 Å². The lowest BCUT2D eigenvalue weighted by Gasteiger charge is -2.21. The van der Waals surface area contributed by atoms with Gasteiger partial charge in [0.05, 0.1) is 12.8 Å².